The molecular weight excluding hydrogens is 306 g/mol. The fourth-order valence-electron chi connectivity index (χ4n) is 2.24. The van der Waals surface area contributed by atoms with Crippen molar-refractivity contribution in [3.05, 3.63) is 35.4 Å². The summed E-state index contributed by atoms with van der Waals surface area (Å²) in [6.45, 7) is 10.9. The first-order valence-corrected chi connectivity index (χ1v) is 8.00. The molecule has 0 saturated heterocycles. The van der Waals surface area contributed by atoms with Crippen molar-refractivity contribution in [3.63, 3.8) is 0 Å². The summed E-state index contributed by atoms with van der Waals surface area (Å²) >= 11 is 0. The molecule has 0 aromatic heterocycles. The second kappa shape index (κ2) is 7.16. The SMILES string of the molecule is CC(C)(C)C(=O)[C@H](CNC(=O)c1cccc(C(C)(C)C)c1)C(=O)O. The van der Waals surface area contributed by atoms with Crippen molar-refractivity contribution in [2.24, 2.45) is 11.3 Å². The summed E-state index contributed by atoms with van der Waals surface area (Å²) in [5, 5.41) is 11.8. The van der Waals surface area contributed by atoms with Crippen molar-refractivity contribution >= 4 is 17.7 Å². The van der Waals surface area contributed by atoms with Crippen LogP contribution in [0.4, 0.5) is 0 Å². The zero-order valence-electron chi connectivity index (χ0n) is 15.3. The highest BCUT2D eigenvalue weighted by Crippen LogP contribution is 2.23. The molecule has 1 aromatic rings. The second-order valence-electron chi connectivity index (χ2n) is 8.05. The number of carboxylic acids is 1. The molecule has 5 heteroatoms. The van der Waals surface area contributed by atoms with Gasteiger partial charge in [0.15, 0.2) is 5.78 Å². The Hall–Kier alpha value is -2.17. The Bertz CT molecular complexity index is 636. The standard InChI is InChI=1S/C19H27NO4/c1-18(2,3)13-9-7-8-12(10-13)16(22)20-11-14(17(23)24)15(21)19(4,5)6/h7-10,14H,11H2,1-6H3,(H,20,22)(H,23,24)/t14-/m0/s1. The number of rotatable bonds is 5. The summed E-state index contributed by atoms with van der Waals surface area (Å²) in [5.74, 6) is -3.26. The van der Waals surface area contributed by atoms with Crippen molar-refractivity contribution < 1.29 is 19.5 Å². The van der Waals surface area contributed by atoms with Crippen molar-refractivity contribution in [2.45, 2.75) is 47.0 Å². The van der Waals surface area contributed by atoms with Gasteiger partial charge in [0.05, 0.1) is 0 Å². The number of hydrogen-bond acceptors (Lipinski definition) is 3. The lowest BCUT2D eigenvalue weighted by Gasteiger charge is -2.22. The second-order valence-corrected chi connectivity index (χ2v) is 8.05. The molecule has 1 amide bonds. The number of hydrogen-bond donors (Lipinski definition) is 2. The lowest BCUT2D eigenvalue weighted by molar-refractivity contribution is -0.148. The largest absolute Gasteiger partial charge is 0.481 e. The fourth-order valence-corrected chi connectivity index (χ4v) is 2.24. The monoisotopic (exact) mass is 333 g/mol. The molecule has 1 rings (SSSR count). The van der Waals surface area contributed by atoms with Crippen LogP contribution in [0, 0.1) is 11.3 Å². The molecule has 0 unspecified atom stereocenters. The van der Waals surface area contributed by atoms with Gasteiger partial charge in [-0.05, 0) is 23.1 Å². The first-order chi connectivity index (χ1) is 10.8. The average molecular weight is 333 g/mol. The Morgan fingerprint density at radius 2 is 1.67 bits per heavy atom. The van der Waals surface area contributed by atoms with Gasteiger partial charge in [-0.2, -0.15) is 0 Å². The molecule has 0 aliphatic carbocycles. The summed E-state index contributed by atoms with van der Waals surface area (Å²) in [5.41, 5.74) is 0.590. The molecule has 5 nitrogen and oxygen atoms in total. The zero-order chi connectivity index (χ0) is 18.7. The van der Waals surface area contributed by atoms with Gasteiger partial charge in [-0.3, -0.25) is 14.4 Å². The van der Waals surface area contributed by atoms with E-state index < -0.39 is 23.1 Å². The first kappa shape index (κ1) is 19.9. The van der Waals surface area contributed by atoms with E-state index in [1.165, 1.54) is 0 Å². The van der Waals surface area contributed by atoms with E-state index in [0.29, 0.717) is 5.56 Å². The molecule has 0 fully saturated rings. The first-order valence-electron chi connectivity index (χ1n) is 8.00. The lowest BCUT2D eigenvalue weighted by atomic mass is 9.83. The van der Waals surface area contributed by atoms with Crippen LogP contribution < -0.4 is 5.32 Å². The van der Waals surface area contributed by atoms with E-state index in [0.717, 1.165) is 5.56 Å². The van der Waals surface area contributed by atoms with E-state index in [2.05, 4.69) is 5.32 Å². The van der Waals surface area contributed by atoms with Gasteiger partial charge >= 0.3 is 5.97 Å². The number of carbonyl (C=O) groups is 3. The highest BCUT2D eigenvalue weighted by Gasteiger charge is 2.34. The molecule has 0 heterocycles. The maximum Gasteiger partial charge on any atom is 0.315 e. The molecular formula is C19H27NO4. The lowest BCUT2D eigenvalue weighted by Crippen LogP contribution is -2.41. The minimum Gasteiger partial charge on any atom is -0.481 e. The number of Topliss-reactive ketones (excluding diaryl/α,β-unsaturated/α-hetero) is 1. The molecule has 0 aliphatic rings. The smallest absolute Gasteiger partial charge is 0.315 e. The molecule has 0 spiro atoms. The summed E-state index contributed by atoms with van der Waals surface area (Å²) < 4.78 is 0. The molecule has 0 bridgehead atoms. The van der Waals surface area contributed by atoms with Gasteiger partial charge < -0.3 is 10.4 Å². The average Bonchev–Trinajstić information content (AvgIpc) is 2.45. The number of benzene rings is 1. The van der Waals surface area contributed by atoms with E-state index in [-0.39, 0.29) is 17.9 Å². The highest BCUT2D eigenvalue weighted by molar-refractivity contribution is 6.02. The van der Waals surface area contributed by atoms with E-state index in [1.54, 1.807) is 39.0 Å². The third-order valence-electron chi connectivity index (χ3n) is 3.81. The molecule has 0 saturated carbocycles. The third kappa shape index (κ3) is 5.18. The van der Waals surface area contributed by atoms with Crippen LogP contribution in [0.3, 0.4) is 0 Å². The number of amides is 1. The van der Waals surface area contributed by atoms with E-state index in [1.807, 2.05) is 26.8 Å². The van der Waals surface area contributed by atoms with Crippen molar-refractivity contribution in [1.29, 1.82) is 0 Å². The summed E-state index contributed by atoms with van der Waals surface area (Å²) in [6, 6.07) is 7.20. The van der Waals surface area contributed by atoms with Crippen molar-refractivity contribution in [2.75, 3.05) is 6.54 Å². The minimum atomic E-state index is -1.25. The normalized spacial score (nSPS) is 13.2. The van der Waals surface area contributed by atoms with Crippen LogP contribution in [0.15, 0.2) is 24.3 Å². The van der Waals surface area contributed by atoms with Crippen LogP contribution in [-0.2, 0) is 15.0 Å². The molecule has 24 heavy (non-hydrogen) atoms. The molecule has 1 aromatic carbocycles. The Kier molecular flexibility index (Phi) is 5.93. The van der Waals surface area contributed by atoms with Crippen LogP contribution in [0.5, 0.6) is 0 Å². The highest BCUT2D eigenvalue weighted by atomic mass is 16.4. The van der Waals surface area contributed by atoms with Crippen LogP contribution >= 0.6 is 0 Å². The van der Waals surface area contributed by atoms with Crippen molar-refractivity contribution in [3.8, 4) is 0 Å². The maximum absolute atomic E-state index is 12.3. The van der Waals surface area contributed by atoms with Gasteiger partial charge in [0.1, 0.15) is 5.92 Å². The predicted molar refractivity (Wildman–Crippen MR) is 93.1 cm³/mol. The third-order valence-corrected chi connectivity index (χ3v) is 3.81. The molecule has 132 valence electrons. The molecule has 0 aliphatic heterocycles. The molecule has 1 atom stereocenters. The number of carboxylic acid groups (broad SMARTS) is 1. The van der Waals surface area contributed by atoms with Gasteiger partial charge in [-0.1, -0.05) is 53.7 Å². The predicted octanol–water partition coefficient (Wildman–Crippen LogP) is 3.03. The summed E-state index contributed by atoms with van der Waals surface area (Å²) in [6.07, 6.45) is 0. The maximum atomic E-state index is 12.3. The number of aliphatic carboxylic acids is 1. The van der Waals surface area contributed by atoms with Gasteiger partial charge in [-0.15, -0.1) is 0 Å². The van der Waals surface area contributed by atoms with E-state index in [9.17, 15) is 19.5 Å². The van der Waals surface area contributed by atoms with Gasteiger partial charge in [-0.25, -0.2) is 0 Å². The Morgan fingerprint density at radius 1 is 1.08 bits per heavy atom. The summed E-state index contributed by atoms with van der Waals surface area (Å²) in [7, 11) is 0. The number of nitrogens with one attached hydrogen (secondary N) is 1. The number of carbonyl (C=O) groups excluding carboxylic acids is 2. The number of ketones is 1. The van der Waals surface area contributed by atoms with Crippen LogP contribution in [-0.4, -0.2) is 29.3 Å². The van der Waals surface area contributed by atoms with Gasteiger partial charge in [0.25, 0.3) is 5.91 Å². The molecule has 0 radical (unpaired) electrons. The van der Waals surface area contributed by atoms with E-state index >= 15 is 0 Å². The quantitative estimate of drug-likeness (QED) is 0.811. The topological polar surface area (TPSA) is 83.5 Å². The fraction of sp³-hybridized carbons (Fsp3) is 0.526. The molecule has 2 N–H and O–H groups in total. The van der Waals surface area contributed by atoms with Crippen LogP contribution in [0.1, 0.15) is 57.5 Å². The Morgan fingerprint density at radius 3 is 2.12 bits per heavy atom. The zero-order valence-corrected chi connectivity index (χ0v) is 15.3. The van der Waals surface area contributed by atoms with Gasteiger partial charge in [0.2, 0.25) is 0 Å². The van der Waals surface area contributed by atoms with Crippen LogP contribution in [0.25, 0.3) is 0 Å². The Balaban J connectivity index is 2.88. The minimum absolute atomic E-state index is 0.0951. The van der Waals surface area contributed by atoms with Gasteiger partial charge in [0, 0.05) is 17.5 Å². The van der Waals surface area contributed by atoms with E-state index in [4.69, 9.17) is 0 Å². The van der Waals surface area contributed by atoms with Crippen LogP contribution in [0.2, 0.25) is 0 Å². The van der Waals surface area contributed by atoms with Crippen molar-refractivity contribution in [1.82, 2.24) is 5.32 Å². The summed E-state index contributed by atoms with van der Waals surface area (Å²) in [4.78, 5) is 35.9. The Labute approximate surface area is 143 Å².